The van der Waals surface area contributed by atoms with Crippen molar-refractivity contribution in [2.75, 3.05) is 18.5 Å². The second kappa shape index (κ2) is 9.37. The first kappa shape index (κ1) is 22.6. The van der Waals surface area contributed by atoms with E-state index in [1.807, 2.05) is 19.1 Å². The van der Waals surface area contributed by atoms with E-state index >= 15 is 0 Å². The lowest BCUT2D eigenvalue weighted by Crippen LogP contribution is -2.40. The van der Waals surface area contributed by atoms with Gasteiger partial charge in [0.15, 0.2) is 0 Å². The van der Waals surface area contributed by atoms with E-state index in [0.717, 1.165) is 22.5 Å². The van der Waals surface area contributed by atoms with Gasteiger partial charge in [-0.1, -0.05) is 43.1 Å². The highest BCUT2D eigenvalue weighted by Crippen LogP contribution is 2.38. The number of primary amides is 1. The third kappa shape index (κ3) is 4.79. The molecule has 2 amide bonds. The molecule has 1 aromatic carbocycles. The molecular formula is C21H27Cl2N5O2. The van der Waals surface area contributed by atoms with Crippen molar-refractivity contribution in [1.82, 2.24) is 14.9 Å². The van der Waals surface area contributed by atoms with Crippen LogP contribution in [0.25, 0.3) is 0 Å². The summed E-state index contributed by atoms with van der Waals surface area (Å²) < 4.78 is 0. The molecule has 2 aromatic rings. The first-order chi connectivity index (χ1) is 14.2. The average Bonchev–Trinajstić information content (AvgIpc) is 2.69. The Labute approximate surface area is 186 Å². The Kier molecular flexibility index (Phi) is 7.06. The number of aromatic nitrogens is 2. The van der Waals surface area contributed by atoms with Crippen molar-refractivity contribution in [1.29, 1.82) is 0 Å². The summed E-state index contributed by atoms with van der Waals surface area (Å²) in [6, 6.07) is 4.96. The quantitative estimate of drug-likeness (QED) is 0.619. The molecule has 2 atom stereocenters. The van der Waals surface area contributed by atoms with Crippen molar-refractivity contribution in [3.63, 3.8) is 0 Å². The fraction of sp³-hybridized carbons (Fsp3) is 0.476. The van der Waals surface area contributed by atoms with Crippen LogP contribution in [-0.4, -0.2) is 45.2 Å². The van der Waals surface area contributed by atoms with Crippen molar-refractivity contribution in [3.05, 3.63) is 50.8 Å². The van der Waals surface area contributed by atoms with E-state index in [2.05, 4.69) is 24.1 Å². The molecule has 162 valence electrons. The smallest absolute Gasteiger partial charge is 0.315 e. The summed E-state index contributed by atoms with van der Waals surface area (Å²) in [6.07, 6.45) is 0.619. The van der Waals surface area contributed by atoms with Gasteiger partial charge in [-0.2, -0.15) is 0 Å². The van der Waals surface area contributed by atoms with Crippen molar-refractivity contribution in [2.45, 2.75) is 45.7 Å². The van der Waals surface area contributed by atoms with Crippen LogP contribution in [-0.2, 0) is 13.0 Å². The Balaban J connectivity index is 2.14. The minimum absolute atomic E-state index is 0.0402. The lowest BCUT2D eigenvalue weighted by molar-refractivity contribution is 0.201. The maximum Gasteiger partial charge on any atom is 0.315 e. The van der Waals surface area contributed by atoms with Crippen molar-refractivity contribution < 1.29 is 9.90 Å². The van der Waals surface area contributed by atoms with Crippen LogP contribution in [0.2, 0.25) is 10.0 Å². The summed E-state index contributed by atoms with van der Waals surface area (Å²) in [5.74, 6) is 0.600. The van der Waals surface area contributed by atoms with Gasteiger partial charge in [0.25, 0.3) is 0 Å². The SMILES string of the molecule is CC(C)[C@H](c1ccc(Cl)c(Cl)c1)c1nc(N[C@@H](C)CO)nc2c1CCN(C(N)=O)C2. The van der Waals surface area contributed by atoms with Crippen LogP contribution >= 0.6 is 23.2 Å². The Morgan fingerprint density at radius 2 is 2.00 bits per heavy atom. The molecule has 3 rings (SSSR count). The van der Waals surface area contributed by atoms with Crippen LogP contribution in [0, 0.1) is 5.92 Å². The van der Waals surface area contributed by atoms with Crippen molar-refractivity contribution in [3.8, 4) is 0 Å². The van der Waals surface area contributed by atoms with Gasteiger partial charge < -0.3 is 21.1 Å². The third-order valence-electron chi connectivity index (χ3n) is 5.32. The number of hydrogen-bond donors (Lipinski definition) is 3. The number of halogens is 2. The number of amides is 2. The highest BCUT2D eigenvalue weighted by Gasteiger charge is 2.30. The van der Waals surface area contributed by atoms with E-state index in [1.165, 1.54) is 0 Å². The highest BCUT2D eigenvalue weighted by molar-refractivity contribution is 6.42. The fourth-order valence-corrected chi connectivity index (χ4v) is 4.11. The van der Waals surface area contributed by atoms with Gasteiger partial charge >= 0.3 is 6.03 Å². The number of aliphatic hydroxyl groups is 1. The number of hydrogen-bond acceptors (Lipinski definition) is 5. The topological polar surface area (TPSA) is 104 Å². The predicted molar refractivity (Wildman–Crippen MR) is 119 cm³/mol. The van der Waals surface area contributed by atoms with Crippen LogP contribution < -0.4 is 11.1 Å². The van der Waals surface area contributed by atoms with Crippen molar-refractivity contribution >= 4 is 35.2 Å². The van der Waals surface area contributed by atoms with Gasteiger partial charge in [0, 0.05) is 18.5 Å². The molecule has 0 bridgehead atoms. The van der Waals surface area contributed by atoms with Crippen LogP contribution in [0.3, 0.4) is 0 Å². The molecule has 30 heavy (non-hydrogen) atoms. The molecule has 4 N–H and O–H groups in total. The van der Waals surface area contributed by atoms with E-state index in [4.69, 9.17) is 33.9 Å². The number of carbonyl (C=O) groups excluding carboxylic acids is 1. The number of anilines is 1. The number of urea groups is 1. The minimum Gasteiger partial charge on any atom is -0.394 e. The normalized spacial score (nSPS) is 15.6. The largest absolute Gasteiger partial charge is 0.394 e. The Morgan fingerprint density at radius 3 is 2.60 bits per heavy atom. The Morgan fingerprint density at radius 1 is 1.27 bits per heavy atom. The summed E-state index contributed by atoms with van der Waals surface area (Å²) in [7, 11) is 0. The first-order valence-electron chi connectivity index (χ1n) is 9.97. The summed E-state index contributed by atoms with van der Waals surface area (Å²) in [4.78, 5) is 22.8. The zero-order valence-corrected chi connectivity index (χ0v) is 18.8. The van der Waals surface area contributed by atoms with Gasteiger partial charge in [0.2, 0.25) is 5.95 Å². The van der Waals surface area contributed by atoms with Gasteiger partial charge in [-0.05, 0) is 42.5 Å². The molecule has 2 heterocycles. The number of carbonyl (C=O) groups is 1. The molecule has 0 radical (unpaired) electrons. The van der Waals surface area contributed by atoms with E-state index in [9.17, 15) is 9.90 Å². The molecule has 1 aliphatic rings. The van der Waals surface area contributed by atoms with E-state index in [1.54, 1.807) is 11.0 Å². The maximum absolute atomic E-state index is 11.7. The second-order valence-electron chi connectivity index (χ2n) is 7.99. The van der Waals surface area contributed by atoms with Crippen LogP contribution in [0.15, 0.2) is 18.2 Å². The monoisotopic (exact) mass is 451 g/mol. The first-order valence-corrected chi connectivity index (χ1v) is 10.7. The Bertz CT molecular complexity index is 938. The van der Waals surface area contributed by atoms with Crippen LogP contribution in [0.1, 0.15) is 49.2 Å². The molecular weight excluding hydrogens is 425 g/mol. The van der Waals surface area contributed by atoms with E-state index in [0.29, 0.717) is 35.5 Å². The fourth-order valence-electron chi connectivity index (χ4n) is 3.80. The molecule has 0 unspecified atom stereocenters. The number of rotatable bonds is 6. The third-order valence-corrected chi connectivity index (χ3v) is 6.06. The number of nitrogens with two attached hydrogens (primary N) is 1. The number of fused-ring (bicyclic) bond motifs is 1. The zero-order valence-electron chi connectivity index (χ0n) is 17.3. The molecule has 1 aromatic heterocycles. The van der Waals surface area contributed by atoms with Gasteiger partial charge in [0.05, 0.1) is 34.6 Å². The summed E-state index contributed by atoms with van der Waals surface area (Å²) >= 11 is 12.4. The number of benzene rings is 1. The summed E-state index contributed by atoms with van der Waals surface area (Å²) in [5.41, 5.74) is 9.20. The van der Waals surface area contributed by atoms with Crippen molar-refractivity contribution in [2.24, 2.45) is 11.7 Å². The maximum atomic E-state index is 11.7. The van der Waals surface area contributed by atoms with Gasteiger partial charge in [-0.3, -0.25) is 0 Å². The molecule has 0 saturated carbocycles. The van der Waals surface area contributed by atoms with Gasteiger partial charge in [-0.25, -0.2) is 14.8 Å². The predicted octanol–water partition coefficient (Wildman–Crippen LogP) is 3.80. The van der Waals surface area contributed by atoms with Crippen LogP contribution in [0.4, 0.5) is 10.7 Å². The molecule has 0 aliphatic carbocycles. The lowest BCUT2D eigenvalue weighted by Gasteiger charge is -2.31. The molecule has 0 fully saturated rings. The molecule has 9 heteroatoms. The molecule has 0 saturated heterocycles. The zero-order chi connectivity index (χ0) is 22.0. The molecule has 7 nitrogen and oxygen atoms in total. The number of aliphatic hydroxyl groups excluding tert-OH is 1. The number of nitrogens with one attached hydrogen (secondary N) is 1. The van der Waals surface area contributed by atoms with Gasteiger partial charge in [-0.15, -0.1) is 0 Å². The lowest BCUT2D eigenvalue weighted by atomic mass is 9.82. The minimum atomic E-state index is -0.469. The molecule has 1 aliphatic heterocycles. The van der Waals surface area contributed by atoms with E-state index < -0.39 is 6.03 Å². The number of nitrogens with zero attached hydrogens (tertiary/aromatic N) is 3. The van der Waals surface area contributed by atoms with Crippen LogP contribution in [0.5, 0.6) is 0 Å². The average molecular weight is 452 g/mol. The Hall–Kier alpha value is -2.09. The van der Waals surface area contributed by atoms with Gasteiger partial charge in [0.1, 0.15) is 0 Å². The molecule has 0 spiro atoms. The standard InChI is InChI=1S/C21H27Cl2N5O2/c1-11(2)18(13-4-5-15(22)16(23)8-13)19-14-6-7-28(20(24)30)9-17(14)26-21(27-19)25-12(3)10-29/h4-5,8,11-12,18,29H,6-7,9-10H2,1-3H3,(H2,24,30)(H,25,26,27)/t12-,18+/m0/s1. The van der Waals surface area contributed by atoms with E-state index in [-0.39, 0.29) is 24.5 Å². The second-order valence-corrected chi connectivity index (χ2v) is 8.81. The highest BCUT2D eigenvalue weighted by atomic mass is 35.5. The summed E-state index contributed by atoms with van der Waals surface area (Å²) in [6.45, 7) is 6.90. The summed E-state index contributed by atoms with van der Waals surface area (Å²) in [5, 5.41) is 13.6.